The molecule has 1 aromatic heterocycles. The van der Waals surface area contributed by atoms with Crippen LogP contribution in [-0.4, -0.2) is 37.2 Å². The molecule has 1 unspecified atom stereocenters. The molecule has 1 atom stereocenters. The Morgan fingerprint density at radius 2 is 2.13 bits per heavy atom. The fourth-order valence-corrected chi connectivity index (χ4v) is 4.52. The Morgan fingerprint density at radius 1 is 1.39 bits per heavy atom. The number of carbonyl (C=O) groups is 2. The Balaban J connectivity index is 1.85. The van der Waals surface area contributed by atoms with Gasteiger partial charge in [0, 0.05) is 23.3 Å². The van der Waals surface area contributed by atoms with Crippen LogP contribution in [-0.2, 0) is 9.59 Å². The van der Waals surface area contributed by atoms with Crippen LogP contribution < -0.4 is 0 Å². The zero-order valence-electron chi connectivity index (χ0n) is 16.9. The van der Waals surface area contributed by atoms with Gasteiger partial charge in [0.25, 0.3) is 11.6 Å². The van der Waals surface area contributed by atoms with Crippen molar-refractivity contribution in [3.8, 4) is 11.3 Å². The summed E-state index contributed by atoms with van der Waals surface area (Å²) in [6, 6.07) is 7.08. The monoisotopic (exact) mass is 460 g/mol. The maximum absolute atomic E-state index is 12.8. The second-order valence-corrected chi connectivity index (χ2v) is 8.68. The largest absolute Gasteiger partial charge is 0.480 e. The number of carboxylic acid groups (broad SMARTS) is 1. The highest BCUT2D eigenvalue weighted by Gasteiger charge is 2.40. The first-order valence-electron chi connectivity index (χ1n) is 9.58. The number of carbonyl (C=O) groups excluding carboxylic acids is 1. The van der Waals surface area contributed by atoms with Crippen molar-refractivity contribution in [3.05, 3.63) is 56.7 Å². The molecule has 1 aliphatic rings. The smallest absolute Gasteiger partial charge is 0.326 e. The molecule has 1 saturated heterocycles. The molecule has 8 nitrogen and oxygen atoms in total. The molecule has 0 spiro atoms. The number of aliphatic carboxylic acids is 1. The van der Waals surface area contributed by atoms with E-state index in [2.05, 4.69) is 0 Å². The van der Waals surface area contributed by atoms with Crippen LogP contribution in [0.2, 0.25) is 0 Å². The van der Waals surface area contributed by atoms with Gasteiger partial charge in [0.1, 0.15) is 21.9 Å². The van der Waals surface area contributed by atoms with Gasteiger partial charge in [-0.05, 0) is 25.5 Å². The van der Waals surface area contributed by atoms with E-state index in [1.54, 1.807) is 31.2 Å². The van der Waals surface area contributed by atoms with Crippen LogP contribution in [0.15, 0.2) is 39.7 Å². The summed E-state index contributed by atoms with van der Waals surface area (Å²) in [6.07, 6.45) is 3.30. The molecule has 0 bridgehead atoms. The molecule has 31 heavy (non-hydrogen) atoms. The highest BCUT2D eigenvalue weighted by molar-refractivity contribution is 8.26. The van der Waals surface area contributed by atoms with Crippen molar-refractivity contribution in [3.63, 3.8) is 0 Å². The van der Waals surface area contributed by atoms with Gasteiger partial charge in [-0.3, -0.25) is 19.8 Å². The Morgan fingerprint density at radius 3 is 2.77 bits per heavy atom. The Kier molecular flexibility index (Phi) is 6.91. The highest BCUT2D eigenvalue weighted by atomic mass is 32.2. The van der Waals surface area contributed by atoms with Gasteiger partial charge in [0.05, 0.1) is 9.83 Å². The molecule has 1 aromatic carbocycles. The van der Waals surface area contributed by atoms with Crippen molar-refractivity contribution >= 4 is 51.9 Å². The normalized spacial score (nSPS) is 16.2. The number of benzene rings is 1. The van der Waals surface area contributed by atoms with Crippen molar-refractivity contribution in [1.82, 2.24) is 4.90 Å². The molecule has 2 heterocycles. The lowest BCUT2D eigenvalue weighted by Crippen LogP contribution is -2.43. The molecular weight excluding hydrogens is 440 g/mol. The van der Waals surface area contributed by atoms with E-state index < -0.39 is 22.8 Å². The third-order valence-corrected chi connectivity index (χ3v) is 6.17. The van der Waals surface area contributed by atoms with Gasteiger partial charge in [-0.15, -0.1) is 0 Å². The molecular formula is C21H20N2O6S2. The van der Waals surface area contributed by atoms with Crippen LogP contribution in [0.3, 0.4) is 0 Å². The minimum Gasteiger partial charge on any atom is -0.480 e. The van der Waals surface area contributed by atoms with E-state index >= 15 is 0 Å². The summed E-state index contributed by atoms with van der Waals surface area (Å²) < 4.78 is 5.95. The van der Waals surface area contributed by atoms with Gasteiger partial charge >= 0.3 is 5.97 Å². The number of nitro groups is 1. The third kappa shape index (κ3) is 4.86. The first kappa shape index (κ1) is 22.7. The molecule has 1 fully saturated rings. The lowest BCUT2D eigenvalue weighted by atomic mass is 10.1. The Labute approximate surface area is 188 Å². The summed E-state index contributed by atoms with van der Waals surface area (Å²) in [4.78, 5) is 36.6. The predicted molar refractivity (Wildman–Crippen MR) is 121 cm³/mol. The SMILES string of the molecule is CCCCC(C(=O)O)N1C(=O)/C(=C\c2ccc(-c3ccc(C)c([N+](=O)[O-])c3)o2)SC1=S. The zero-order chi connectivity index (χ0) is 22.7. The van der Waals surface area contributed by atoms with E-state index in [1.165, 1.54) is 12.1 Å². The number of amides is 1. The number of thiocarbonyl (C=S) groups is 1. The maximum Gasteiger partial charge on any atom is 0.326 e. The second-order valence-electron chi connectivity index (χ2n) is 7.01. The van der Waals surface area contributed by atoms with Gasteiger partial charge in [-0.25, -0.2) is 4.79 Å². The van der Waals surface area contributed by atoms with Crippen molar-refractivity contribution in [2.24, 2.45) is 0 Å². The number of nitro benzene ring substituents is 1. The molecule has 3 rings (SSSR count). The first-order valence-corrected chi connectivity index (χ1v) is 10.8. The predicted octanol–water partition coefficient (Wildman–Crippen LogP) is 5.01. The highest BCUT2D eigenvalue weighted by Crippen LogP contribution is 2.36. The fourth-order valence-electron chi connectivity index (χ4n) is 3.18. The number of carboxylic acids is 1. The molecule has 162 valence electrons. The lowest BCUT2D eigenvalue weighted by molar-refractivity contribution is -0.385. The standard InChI is InChI=1S/C21H20N2O6S2/c1-3-4-5-15(20(25)26)22-19(24)18(31-21(22)30)11-14-8-9-17(29-14)13-7-6-12(2)16(10-13)23(27)28/h6-11,15H,3-5H2,1-2H3,(H,25,26)/b18-11+. The molecule has 1 amide bonds. The number of nitrogens with zero attached hydrogens (tertiary/aromatic N) is 2. The van der Waals surface area contributed by atoms with E-state index in [9.17, 15) is 24.8 Å². The number of rotatable bonds is 8. The van der Waals surface area contributed by atoms with E-state index in [4.69, 9.17) is 16.6 Å². The summed E-state index contributed by atoms with van der Waals surface area (Å²) in [5, 5.41) is 20.7. The quantitative estimate of drug-likeness (QED) is 0.253. The number of hydrogen-bond donors (Lipinski definition) is 1. The van der Waals surface area contributed by atoms with Crippen LogP contribution in [0.4, 0.5) is 5.69 Å². The van der Waals surface area contributed by atoms with Crippen LogP contribution in [0, 0.1) is 17.0 Å². The van der Waals surface area contributed by atoms with Crippen LogP contribution in [0.25, 0.3) is 17.4 Å². The minimum absolute atomic E-state index is 0.0110. The van der Waals surface area contributed by atoms with E-state index in [-0.39, 0.29) is 14.9 Å². The Hall–Kier alpha value is -2.98. The van der Waals surface area contributed by atoms with E-state index in [1.807, 2.05) is 6.92 Å². The third-order valence-electron chi connectivity index (χ3n) is 4.84. The fraction of sp³-hybridized carbons (Fsp3) is 0.286. The van der Waals surface area contributed by atoms with Gasteiger partial charge in [-0.2, -0.15) is 0 Å². The molecule has 2 aromatic rings. The summed E-state index contributed by atoms with van der Waals surface area (Å²) in [5.74, 6) is -0.787. The van der Waals surface area contributed by atoms with Gasteiger partial charge in [-0.1, -0.05) is 55.9 Å². The summed E-state index contributed by atoms with van der Waals surface area (Å²) in [5.41, 5.74) is 1.07. The van der Waals surface area contributed by atoms with Crippen LogP contribution >= 0.6 is 24.0 Å². The maximum atomic E-state index is 12.8. The molecule has 0 radical (unpaired) electrons. The minimum atomic E-state index is -1.09. The molecule has 0 saturated carbocycles. The molecule has 1 aliphatic heterocycles. The van der Waals surface area contributed by atoms with Crippen molar-refractivity contribution in [2.75, 3.05) is 0 Å². The van der Waals surface area contributed by atoms with Crippen LogP contribution in [0.1, 0.15) is 37.5 Å². The van der Waals surface area contributed by atoms with E-state index in [0.717, 1.165) is 23.1 Å². The Bertz CT molecular complexity index is 1090. The summed E-state index contributed by atoms with van der Waals surface area (Å²) in [7, 11) is 0. The van der Waals surface area contributed by atoms with Gasteiger partial charge in [0.2, 0.25) is 0 Å². The molecule has 10 heteroatoms. The van der Waals surface area contributed by atoms with Gasteiger partial charge < -0.3 is 9.52 Å². The van der Waals surface area contributed by atoms with Crippen molar-refractivity contribution < 1.29 is 24.0 Å². The van der Waals surface area contributed by atoms with Crippen LogP contribution in [0.5, 0.6) is 0 Å². The second kappa shape index (κ2) is 9.44. The lowest BCUT2D eigenvalue weighted by Gasteiger charge is -2.22. The first-order chi connectivity index (χ1) is 14.7. The topological polar surface area (TPSA) is 114 Å². The summed E-state index contributed by atoms with van der Waals surface area (Å²) in [6.45, 7) is 3.60. The number of thioether (sulfide) groups is 1. The average Bonchev–Trinajstić information content (AvgIpc) is 3.28. The zero-order valence-corrected chi connectivity index (χ0v) is 18.5. The van der Waals surface area contributed by atoms with Crippen molar-refractivity contribution in [2.45, 2.75) is 39.2 Å². The van der Waals surface area contributed by atoms with Gasteiger partial charge in [0.15, 0.2) is 0 Å². The van der Waals surface area contributed by atoms with E-state index in [0.29, 0.717) is 35.5 Å². The average molecular weight is 461 g/mol. The number of aryl methyl sites for hydroxylation is 1. The summed E-state index contributed by atoms with van der Waals surface area (Å²) >= 11 is 6.28. The number of unbranched alkanes of at least 4 members (excludes halogenated alkanes) is 1. The van der Waals surface area contributed by atoms with Crippen molar-refractivity contribution in [1.29, 1.82) is 0 Å². The molecule has 0 aliphatic carbocycles. The number of hydrogen-bond acceptors (Lipinski definition) is 7. The molecule has 1 N–H and O–H groups in total. The number of furan rings is 1.